The quantitative estimate of drug-likeness (QED) is 0.785. The van der Waals surface area contributed by atoms with Crippen molar-refractivity contribution in [3.05, 3.63) is 23.8 Å². The Bertz CT molecular complexity index is 334. The molecular weight excluding hydrogens is 208 g/mol. The zero-order chi connectivity index (χ0) is 11.5. The first-order chi connectivity index (χ1) is 7.05. The van der Waals surface area contributed by atoms with Crippen molar-refractivity contribution in [1.29, 1.82) is 0 Å². The Balaban J connectivity index is 3.18. The molecule has 15 heavy (non-hydrogen) atoms. The molecule has 1 aromatic rings. The molecule has 0 fully saturated rings. The summed E-state index contributed by atoms with van der Waals surface area (Å²) in [6, 6.07) is 5.96. The Hall–Kier alpha value is -0.830. The molecule has 0 atom stereocenters. The molecule has 0 radical (unpaired) electrons. The maximum absolute atomic E-state index is 5.38. The molecule has 0 aliphatic heterocycles. The molecule has 0 saturated carbocycles. The van der Waals surface area contributed by atoms with Crippen molar-refractivity contribution in [2.45, 2.75) is 18.6 Å². The Kier molecular flexibility index (Phi) is 3.91. The third-order valence-corrected chi connectivity index (χ3v) is 3.81. The van der Waals surface area contributed by atoms with Crippen LogP contribution >= 0.6 is 11.8 Å². The van der Waals surface area contributed by atoms with Crippen molar-refractivity contribution in [3.8, 4) is 11.5 Å². The zero-order valence-corrected chi connectivity index (χ0v) is 10.8. The minimum absolute atomic E-state index is 0.0532. The van der Waals surface area contributed by atoms with Crippen molar-refractivity contribution in [2.24, 2.45) is 0 Å². The molecule has 0 heterocycles. The first-order valence-electron chi connectivity index (χ1n) is 4.83. The molecule has 1 aromatic carbocycles. The van der Waals surface area contributed by atoms with Gasteiger partial charge in [-0.2, -0.15) is 11.8 Å². The Morgan fingerprint density at radius 3 is 2.27 bits per heavy atom. The first-order valence-corrected chi connectivity index (χ1v) is 6.05. The number of methoxy groups -OCH3 is 2. The van der Waals surface area contributed by atoms with Gasteiger partial charge in [-0.25, -0.2) is 0 Å². The van der Waals surface area contributed by atoms with Gasteiger partial charge in [0, 0.05) is 16.4 Å². The molecule has 0 aromatic heterocycles. The lowest BCUT2D eigenvalue weighted by Gasteiger charge is -2.25. The fourth-order valence-corrected chi connectivity index (χ4v) is 1.79. The van der Waals surface area contributed by atoms with Gasteiger partial charge in [0.1, 0.15) is 11.5 Å². The van der Waals surface area contributed by atoms with E-state index in [4.69, 9.17) is 9.47 Å². The van der Waals surface area contributed by atoms with Gasteiger partial charge in [-0.05, 0) is 26.2 Å². The summed E-state index contributed by atoms with van der Waals surface area (Å²) in [5.74, 6) is 1.71. The van der Waals surface area contributed by atoms with Gasteiger partial charge < -0.3 is 9.47 Å². The maximum atomic E-state index is 5.38. The lowest BCUT2D eigenvalue weighted by atomic mass is 10.0. The molecule has 2 nitrogen and oxygen atoms in total. The second kappa shape index (κ2) is 4.79. The van der Waals surface area contributed by atoms with Crippen molar-refractivity contribution in [1.82, 2.24) is 0 Å². The van der Waals surface area contributed by atoms with E-state index in [9.17, 15) is 0 Å². The van der Waals surface area contributed by atoms with Crippen molar-refractivity contribution >= 4 is 11.8 Å². The number of ether oxygens (including phenoxy) is 2. The second-order valence-electron chi connectivity index (χ2n) is 3.78. The lowest BCUT2D eigenvalue weighted by Crippen LogP contribution is -2.12. The van der Waals surface area contributed by atoms with Crippen LogP contribution in [-0.4, -0.2) is 20.5 Å². The third kappa shape index (κ3) is 2.59. The summed E-state index contributed by atoms with van der Waals surface area (Å²) >= 11 is 1.80. The van der Waals surface area contributed by atoms with Crippen LogP contribution in [0.5, 0.6) is 11.5 Å². The van der Waals surface area contributed by atoms with Gasteiger partial charge >= 0.3 is 0 Å². The number of rotatable bonds is 4. The van der Waals surface area contributed by atoms with Crippen LogP contribution < -0.4 is 9.47 Å². The zero-order valence-electron chi connectivity index (χ0n) is 9.96. The highest BCUT2D eigenvalue weighted by Crippen LogP contribution is 2.40. The van der Waals surface area contributed by atoms with Crippen LogP contribution in [0.15, 0.2) is 18.2 Å². The molecule has 0 unspecified atom stereocenters. The monoisotopic (exact) mass is 226 g/mol. The molecule has 0 saturated heterocycles. The SMILES string of the molecule is COc1ccc(C(C)(C)SC)c(OC)c1. The molecule has 3 heteroatoms. The molecule has 1 rings (SSSR count). The highest BCUT2D eigenvalue weighted by atomic mass is 32.2. The Morgan fingerprint density at radius 2 is 1.80 bits per heavy atom. The molecule has 0 spiro atoms. The fraction of sp³-hybridized carbons (Fsp3) is 0.500. The van der Waals surface area contributed by atoms with Gasteiger partial charge in [-0.15, -0.1) is 0 Å². The summed E-state index contributed by atoms with van der Waals surface area (Å²) in [7, 11) is 3.35. The van der Waals surface area contributed by atoms with Gasteiger partial charge in [0.25, 0.3) is 0 Å². The van der Waals surface area contributed by atoms with E-state index in [0.29, 0.717) is 0 Å². The van der Waals surface area contributed by atoms with Gasteiger partial charge in [0.15, 0.2) is 0 Å². The summed E-state index contributed by atoms with van der Waals surface area (Å²) in [5.41, 5.74) is 1.19. The molecule has 0 N–H and O–H groups in total. The summed E-state index contributed by atoms with van der Waals surface area (Å²) in [6.45, 7) is 4.37. The highest BCUT2D eigenvalue weighted by molar-refractivity contribution is 7.99. The van der Waals surface area contributed by atoms with Crippen LogP contribution in [0.3, 0.4) is 0 Å². The maximum Gasteiger partial charge on any atom is 0.127 e. The van der Waals surface area contributed by atoms with E-state index >= 15 is 0 Å². The predicted molar refractivity (Wildman–Crippen MR) is 66.1 cm³/mol. The molecule has 0 aliphatic rings. The van der Waals surface area contributed by atoms with Crippen molar-refractivity contribution in [3.63, 3.8) is 0 Å². The van der Waals surface area contributed by atoms with E-state index in [1.807, 2.05) is 12.1 Å². The smallest absolute Gasteiger partial charge is 0.127 e. The number of hydrogen-bond acceptors (Lipinski definition) is 3. The van der Waals surface area contributed by atoms with Crippen LogP contribution in [0, 0.1) is 0 Å². The van der Waals surface area contributed by atoms with E-state index in [-0.39, 0.29) is 4.75 Å². The minimum Gasteiger partial charge on any atom is -0.497 e. The van der Waals surface area contributed by atoms with Crippen molar-refractivity contribution in [2.75, 3.05) is 20.5 Å². The summed E-state index contributed by atoms with van der Waals surface area (Å²) in [5, 5.41) is 0. The van der Waals surface area contributed by atoms with E-state index in [1.54, 1.807) is 26.0 Å². The van der Waals surface area contributed by atoms with Crippen LogP contribution in [0.25, 0.3) is 0 Å². The van der Waals surface area contributed by atoms with E-state index in [2.05, 4.69) is 26.2 Å². The standard InChI is InChI=1S/C12H18O2S/c1-12(2,15-5)10-7-6-9(13-3)8-11(10)14-4/h6-8H,1-5H3. The molecule has 0 amide bonds. The van der Waals surface area contributed by atoms with Gasteiger partial charge in [0.05, 0.1) is 14.2 Å². The van der Waals surface area contributed by atoms with E-state index in [1.165, 1.54) is 5.56 Å². The average Bonchev–Trinajstić information content (AvgIpc) is 2.28. The van der Waals surface area contributed by atoms with Crippen molar-refractivity contribution < 1.29 is 9.47 Å². The van der Waals surface area contributed by atoms with Crippen LogP contribution in [0.4, 0.5) is 0 Å². The average molecular weight is 226 g/mol. The summed E-state index contributed by atoms with van der Waals surface area (Å²) < 4.78 is 10.6. The van der Waals surface area contributed by atoms with Crippen LogP contribution in [0.1, 0.15) is 19.4 Å². The Morgan fingerprint density at radius 1 is 1.13 bits per heavy atom. The van der Waals surface area contributed by atoms with Gasteiger partial charge in [-0.1, -0.05) is 6.07 Å². The third-order valence-electron chi connectivity index (χ3n) is 2.57. The number of thioether (sulfide) groups is 1. The topological polar surface area (TPSA) is 18.5 Å². The first kappa shape index (κ1) is 12.2. The van der Waals surface area contributed by atoms with Gasteiger partial charge in [0.2, 0.25) is 0 Å². The van der Waals surface area contributed by atoms with Crippen LogP contribution in [0.2, 0.25) is 0 Å². The second-order valence-corrected chi connectivity index (χ2v) is 5.21. The normalized spacial score (nSPS) is 11.3. The molecule has 0 bridgehead atoms. The largest absolute Gasteiger partial charge is 0.497 e. The minimum atomic E-state index is 0.0532. The Labute approximate surface area is 96.0 Å². The predicted octanol–water partition coefficient (Wildman–Crippen LogP) is 3.30. The summed E-state index contributed by atoms with van der Waals surface area (Å²) in [6.07, 6.45) is 2.10. The summed E-state index contributed by atoms with van der Waals surface area (Å²) in [4.78, 5) is 0. The highest BCUT2D eigenvalue weighted by Gasteiger charge is 2.23. The molecule has 84 valence electrons. The fourth-order valence-electron chi connectivity index (χ4n) is 1.41. The van der Waals surface area contributed by atoms with Gasteiger partial charge in [-0.3, -0.25) is 0 Å². The van der Waals surface area contributed by atoms with Crippen LogP contribution in [-0.2, 0) is 4.75 Å². The lowest BCUT2D eigenvalue weighted by molar-refractivity contribution is 0.388. The van der Waals surface area contributed by atoms with E-state index < -0.39 is 0 Å². The molecular formula is C12H18O2S. The number of hydrogen-bond donors (Lipinski definition) is 0. The molecule has 0 aliphatic carbocycles. The van der Waals surface area contributed by atoms with E-state index in [0.717, 1.165) is 11.5 Å². The number of benzene rings is 1.